The van der Waals surface area contributed by atoms with E-state index in [1.54, 1.807) is 31.4 Å². The zero-order valence-electron chi connectivity index (χ0n) is 14.0. The zero-order chi connectivity index (χ0) is 18.5. The predicted octanol–water partition coefficient (Wildman–Crippen LogP) is 3.28. The summed E-state index contributed by atoms with van der Waals surface area (Å²) < 4.78 is 11.9. The highest BCUT2D eigenvalue weighted by Crippen LogP contribution is 2.27. The van der Waals surface area contributed by atoms with Gasteiger partial charge in [-0.3, -0.25) is 4.79 Å². The van der Waals surface area contributed by atoms with Crippen molar-refractivity contribution in [3.63, 3.8) is 0 Å². The number of ether oxygens (including phenoxy) is 2. The van der Waals surface area contributed by atoms with Gasteiger partial charge in [0.15, 0.2) is 0 Å². The normalized spacial score (nSPS) is 11.8. The lowest BCUT2D eigenvalue weighted by atomic mass is 10.1. The highest BCUT2D eigenvalue weighted by molar-refractivity contribution is 6.31. The maximum atomic E-state index is 12.8. The molecule has 7 heteroatoms. The summed E-state index contributed by atoms with van der Waals surface area (Å²) in [5, 5.41) is 13.9. The smallest absolute Gasteiger partial charge is 0.311 e. The van der Waals surface area contributed by atoms with Gasteiger partial charge in [-0.05, 0) is 29.8 Å². The molecule has 0 fully saturated rings. The van der Waals surface area contributed by atoms with Gasteiger partial charge in [-0.25, -0.2) is 4.68 Å². The molecule has 0 saturated heterocycles. The van der Waals surface area contributed by atoms with Gasteiger partial charge in [0.25, 0.3) is 0 Å². The Morgan fingerprint density at radius 3 is 2.38 bits per heavy atom. The second-order valence-electron chi connectivity index (χ2n) is 5.46. The zero-order valence-corrected chi connectivity index (χ0v) is 14.8. The van der Waals surface area contributed by atoms with Crippen molar-refractivity contribution < 1.29 is 14.6 Å². The van der Waals surface area contributed by atoms with E-state index in [4.69, 9.17) is 21.1 Å². The maximum absolute atomic E-state index is 12.8. The lowest BCUT2D eigenvalue weighted by molar-refractivity contribution is 0.235. The molecule has 0 aliphatic rings. The number of nitrogens with zero attached hydrogens (tertiary/aromatic N) is 2. The largest absolute Gasteiger partial charge is 0.497 e. The monoisotopic (exact) mass is 372 g/mol. The quantitative estimate of drug-likeness (QED) is 0.718. The predicted molar refractivity (Wildman–Crippen MR) is 98.2 cm³/mol. The highest BCUT2D eigenvalue weighted by Gasteiger charge is 2.20. The van der Waals surface area contributed by atoms with Crippen molar-refractivity contribution in [3.8, 4) is 17.2 Å². The van der Waals surface area contributed by atoms with Crippen LogP contribution in [0.15, 0.2) is 65.6 Å². The number of methoxy groups -OCH3 is 1. The molecule has 0 aliphatic heterocycles. The number of rotatable bonds is 6. The van der Waals surface area contributed by atoms with Crippen molar-refractivity contribution in [2.75, 3.05) is 13.7 Å². The third-order valence-electron chi connectivity index (χ3n) is 3.85. The molecule has 6 nitrogen and oxygen atoms in total. The summed E-state index contributed by atoms with van der Waals surface area (Å²) >= 11 is 6.12. The standard InChI is InChI=1S/C19H17ClN2O4/c1-25-14-7-9-15(10-8-14)26-18-16(20)11-21-22(19(18)24)17(12-23)13-5-3-2-4-6-13/h2-11,17,23H,12H2,1H3. The highest BCUT2D eigenvalue weighted by atomic mass is 35.5. The molecule has 3 rings (SSSR count). The molecular weight excluding hydrogens is 356 g/mol. The second-order valence-corrected chi connectivity index (χ2v) is 5.87. The fourth-order valence-corrected chi connectivity index (χ4v) is 2.67. The second kappa shape index (κ2) is 8.03. The Balaban J connectivity index is 1.99. The molecule has 0 saturated carbocycles. The van der Waals surface area contributed by atoms with Crippen LogP contribution in [-0.4, -0.2) is 28.6 Å². The van der Waals surface area contributed by atoms with Crippen LogP contribution in [0.25, 0.3) is 0 Å². The summed E-state index contributed by atoms with van der Waals surface area (Å²) in [7, 11) is 1.56. The molecule has 0 bridgehead atoms. The molecule has 1 aromatic heterocycles. The Hall–Kier alpha value is -2.83. The molecule has 0 spiro atoms. The van der Waals surface area contributed by atoms with Crippen molar-refractivity contribution in [3.05, 3.63) is 81.7 Å². The summed E-state index contributed by atoms with van der Waals surface area (Å²) in [5.41, 5.74) is 0.221. The van der Waals surface area contributed by atoms with Crippen LogP contribution in [0.2, 0.25) is 5.02 Å². The van der Waals surface area contributed by atoms with Crippen molar-refractivity contribution in [1.29, 1.82) is 0 Å². The van der Waals surface area contributed by atoms with Crippen molar-refractivity contribution >= 4 is 11.6 Å². The van der Waals surface area contributed by atoms with Crippen LogP contribution in [-0.2, 0) is 0 Å². The van der Waals surface area contributed by atoms with Crippen LogP contribution in [0.4, 0.5) is 0 Å². The SMILES string of the molecule is COc1ccc(Oc2c(Cl)cnn(C(CO)c3ccccc3)c2=O)cc1. The molecule has 1 N–H and O–H groups in total. The van der Waals surface area contributed by atoms with Crippen LogP contribution in [0.5, 0.6) is 17.2 Å². The van der Waals surface area contributed by atoms with Crippen molar-refractivity contribution in [2.24, 2.45) is 0 Å². The van der Waals surface area contributed by atoms with E-state index < -0.39 is 11.6 Å². The molecule has 0 amide bonds. The van der Waals surface area contributed by atoms with Gasteiger partial charge in [0.2, 0.25) is 5.75 Å². The third kappa shape index (κ3) is 3.71. The van der Waals surface area contributed by atoms with E-state index >= 15 is 0 Å². The Kier molecular flexibility index (Phi) is 5.55. The van der Waals surface area contributed by atoms with Crippen molar-refractivity contribution in [2.45, 2.75) is 6.04 Å². The molecule has 1 unspecified atom stereocenters. The summed E-state index contributed by atoms with van der Waals surface area (Å²) in [6.07, 6.45) is 1.33. The lowest BCUT2D eigenvalue weighted by Crippen LogP contribution is -2.30. The minimum atomic E-state index is -0.640. The maximum Gasteiger partial charge on any atom is 0.311 e. The first-order chi connectivity index (χ1) is 12.6. The number of benzene rings is 2. The van der Waals surface area contributed by atoms with Gasteiger partial charge in [0, 0.05) is 0 Å². The molecule has 3 aromatic rings. The molecule has 0 aliphatic carbocycles. The minimum absolute atomic E-state index is 0.0544. The molecule has 1 heterocycles. The summed E-state index contributed by atoms with van der Waals surface area (Å²) in [6, 6.07) is 15.3. The van der Waals surface area contributed by atoms with Gasteiger partial charge in [-0.15, -0.1) is 0 Å². The van der Waals surface area contributed by atoms with Crippen LogP contribution >= 0.6 is 11.6 Å². The van der Waals surface area contributed by atoms with Gasteiger partial charge in [-0.1, -0.05) is 41.9 Å². The summed E-state index contributed by atoms with van der Waals surface area (Å²) in [5.74, 6) is 1.05. The van der Waals surface area contributed by atoms with E-state index in [9.17, 15) is 9.90 Å². The van der Waals surface area contributed by atoms with Gasteiger partial charge in [0.05, 0.1) is 19.9 Å². The molecule has 134 valence electrons. The number of hydrogen-bond donors (Lipinski definition) is 1. The van der Waals surface area contributed by atoms with Gasteiger partial charge >= 0.3 is 5.56 Å². The van der Waals surface area contributed by atoms with E-state index in [0.29, 0.717) is 11.5 Å². The number of hydrogen-bond acceptors (Lipinski definition) is 5. The van der Waals surface area contributed by atoms with Crippen LogP contribution in [0.3, 0.4) is 0 Å². The number of aliphatic hydroxyl groups excluding tert-OH is 1. The van der Waals surface area contributed by atoms with E-state index in [2.05, 4.69) is 5.10 Å². The van der Waals surface area contributed by atoms with E-state index in [1.165, 1.54) is 10.9 Å². The Morgan fingerprint density at radius 1 is 1.12 bits per heavy atom. The summed E-state index contributed by atoms with van der Waals surface area (Å²) in [6.45, 7) is -0.291. The number of aromatic nitrogens is 2. The van der Waals surface area contributed by atoms with Crippen LogP contribution < -0.4 is 15.0 Å². The third-order valence-corrected chi connectivity index (χ3v) is 4.12. The molecular formula is C19H17ClN2O4. The molecule has 2 aromatic carbocycles. The van der Waals surface area contributed by atoms with E-state index in [0.717, 1.165) is 5.56 Å². The fourth-order valence-electron chi connectivity index (χ4n) is 2.51. The van der Waals surface area contributed by atoms with E-state index in [1.807, 2.05) is 30.3 Å². The number of aliphatic hydroxyl groups is 1. The van der Waals surface area contributed by atoms with Crippen molar-refractivity contribution in [1.82, 2.24) is 9.78 Å². The average molecular weight is 373 g/mol. The van der Waals surface area contributed by atoms with Crippen LogP contribution in [0, 0.1) is 0 Å². The van der Waals surface area contributed by atoms with Gasteiger partial charge in [-0.2, -0.15) is 5.10 Å². The van der Waals surface area contributed by atoms with Crippen LogP contribution in [0.1, 0.15) is 11.6 Å². The molecule has 0 radical (unpaired) electrons. The Morgan fingerprint density at radius 2 is 1.77 bits per heavy atom. The number of halogens is 1. The topological polar surface area (TPSA) is 73.6 Å². The first-order valence-corrected chi connectivity index (χ1v) is 8.27. The first kappa shape index (κ1) is 18.0. The van der Waals surface area contributed by atoms with Gasteiger partial charge in [0.1, 0.15) is 22.6 Å². The first-order valence-electron chi connectivity index (χ1n) is 7.89. The lowest BCUT2D eigenvalue weighted by Gasteiger charge is -2.18. The minimum Gasteiger partial charge on any atom is -0.497 e. The summed E-state index contributed by atoms with van der Waals surface area (Å²) in [4.78, 5) is 12.8. The Bertz CT molecular complexity index is 927. The molecule has 1 atom stereocenters. The van der Waals surface area contributed by atoms with E-state index in [-0.39, 0.29) is 17.4 Å². The molecule has 26 heavy (non-hydrogen) atoms. The van der Waals surface area contributed by atoms with Gasteiger partial charge < -0.3 is 14.6 Å². The fraction of sp³-hybridized carbons (Fsp3) is 0.158. The Labute approximate surface area is 155 Å². The average Bonchev–Trinajstić information content (AvgIpc) is 2.68.